The molecule has 156 valence electrons. The monoisotopic (exact) mass is 436 g/mol. The van der Waals surface area contributed by atoms with Crippen molar-refractivity contribution < 1.29 is 18.7 Å². The third kappa shape index (κ3) is 3.78. The van der Waals surface area contributed by atoms with Crippen molar-refractivity contribution in [2.45, 2.75) is 6.92 Å². The number of amides is 2. The van der Waals surface area contributed by atoms with Gasteiger partial charge in [-0.25, -0.2) is 9.29 Å². The van der Waals surface area contributed by atoms with Crippen LogP contribution in [0, 0.1) is 12.7 Å². The zero-order valence-corrected chi connectivity index (χ0v) is 17.5. The number of methoxy groups -OCH3 is 1. The quantitative estimate of drug-likeness (QED) is 0.559. The number of carbonyl (C=O) groups is 2. The molecule has 0 aromatic heterocycles. The van der Waals surface area contributed by atoms with Gasteiger partial charge in [0.25, 0.3) is 11.8 Å². The summed E-state index contributed by atoms with van der Waals surface area (Å²) < 4.78 is 18.9. The summed E-state index contributed by atoms with van der Waals surface area (Å²) in [5, 5.41) is 3.56. The Labute approximate surface area is 183 Å². The average Bonchev–Trinajstić information content (AvgIpc) is 3.00. The molecule has 0 radical (unpaired) electrons. The van der Waals surface area contributed by atoms with Crippen LogP contribution in [0.25, 0.3) is 5.57 Å². The minimum atomic E-state index is -0.548. The molecular formula is C24H18ClFN2O3. The van der Waals surface area contributed by atoms with E-state index in [1.807, 2.05) is 13.0 Å². The third-order valence-electron chi connectivity index (χ3n) is 5.00. The lowest BCUT2D eigenvalue weighted by molar-refractivity contribution is -0.120. The van der Waals surface area contributed by atoms with Crippen LogP contribution in [0.2, 0.25) is 5.02 Å². The molecule has 0 atom stereocenters. The van der Waals surface area contributed by atoms with E-state index in [0.29, 0.717) is 27.7 Å². The van der Waals surface area contributed by atoms with Gasteiger partial charge in [-0.1, -0.05) is 41.9 Å². The molecule has 0 saturated heterocycles. The van der Waals surface area contributed by atoms with Gasteiger partial charge in [0.1, 0.15) is 17.3 Å². The maximum absolute atomic E-state index is 13.5. The Hall–Kier alpha value is -3.64. The van der Waals surface area contributed by atoms with E-state index in [2.05, 4.69) is 5.32 Å². The standard InChI is InChI=1S/C24H18ClFN2O3/c1-14-7-10-16(25)13-18(14)27-22-21(15-8-11-17(26)12-9-15)23(29)28(24(22)30)19-5-3-4-6-20(19)31-2/h3-13,27H,1-2H3. The molecule has 1 aliphatic rings. The Bertz CT molecular complexity index is 1220. The summed E-state index contributed by atoms with van der Waals surface area (Å²) in [4.78, 5) is 28.0. The minimum absolute atomic E-state index is 0.0767. The number of hydrogen-bond acceptors (Lipinski definition) is 4. The Morgan fingerprint density at radius 2 is 1.68 bits per heavy atom. The summed E-state index contributed by atoms with van der Waals surface area (Å²) in [5.74, 6) is -1.15. The van der Waals surface area contributed by atoms with Crippen LogP contribution >= 0.6 is 11.6 Å². The highest BCUT2D eigenvalue weighted by molar-refractivity contribution is 6.46. The number of ether oxygens (including phenoxy) is 1. The maximum atomic E-state index is 13.5. The van der Waals surface area contributed by atoms with Crippen molar-refractivity contribution in [2.24, 2.45) is 0 Å². The Morgan fingerprint density at radius 3 is 2.39 bits per heavy atom. The predicted octanol–water partition coefficient (Wildman–Crippen LogP) is 5.19. The van der Waals surface area contributed by atoms with E-state index in [4.69, 9.17) is 16.3 Å². The molecule has 5 nitrogen and oxygen atoms in total. The van der Waals surface area contributed by atoms with Crippen molar-refractivity contribution in [1.82, 2.24) is 0 Å². The lowest BCUT2D eigenvalue weighted by atomic mass is 10.0. The number of para-hydroxylation sites is 2. The Kier molecular flexibility index (Phi) is 5.48. The van der Waals surface area contributed by atoms with Crippen molar-refractivity contribution in [3.63, 3.8) is 0 Å². The maximum Gasteiger partial charge on any atom is 0.282 e. The lowest BCUT2D eigenvalue weighted by Crippen LogP contribution is -2.32. The molecule has 2 amide bonds. The van der Waals surface area contributed by atoms with Gasteiger partial charge in [-0.05, 0) is 54.4 Å². The molecule has 4 rings (SSSR count). The Morgan fingerprint density at radius 1 is 0.968 bits per heavy atom. The molecule has 3 aromatic carbocycles. The van der Waals surface area contributed by atoms with E-state index in [1.54, 1.807) is 36.4 Å². The van der Waals surface area contributed by atoms with Crippen LogP contribution in [0.5, 0.6) is 5.75 Å². The van der Waals surface area contributed by atoms with E-state index in [9.17, 15) is 14.0 Å². The van der Waals surface area contributed by atoms with Gasteiger partial charge in [0.2, 0.25) is 0 Å². The van der Waals surface area contributed by atoms with E-state index in [1.165, 1.54) is 31.4 Å². The number of carbonyl (C=O) groups excluding carboxylic acids is 2. The van der Waals surface area contributed by atoms with Gasteiger partial charge in [-0.2, -0.15) is 0 Å². The van der Waals surface area contributed by atoms with E-state index in [0.717, 1.165) is 10.5 Å². The van der Waals surface area contributed by atoms with Crippen LogP contribution in [0.3, 0.4) is 0 Å². The number of hydrogen-bond donors (Lipinski definition) is 1. The van der Waals surface area contributed by atoms with Crippen molar-refractivity contribution in [3.8, 4) is 5.75 Å². The second-order valence-electron chi connectivity index (χ2n) is 6.96. The normalized spacial score (nSPS) is 13.7. The molecular weight excluding hydrogens is 419 g/mol. The van der Waals surface area contributed by atoms with Crippen LogP contribution in [-0.4, -0.2) is 18.9 Å². The first-order valence-electron chi connectivity index (χ1n) is 9.46. The van der Waals surface area contributed by atoms with Crippen molar-refractivity contribution in [3.05, 3.63) is 94.4 Å². The highest BCUT2D eigenvalue weighted by atomic mass is 35.5. The first kappa shape index (κ1) is 20.6. The Balaban J connectivity index is 1.87. The zero-order valence-electron chi connectivity index (χ0n) is 16.8. The zero-order chi connectivity index (χ0) is 22.1. The first-order chi connectivity index (χ1) is 14.9. The fraction of sp³-hybridized carbons (Fsp3) is 0.0833. The van der Waals surface area contributed by atoms with Gasteiger partial charge in [0.05, 0.1) is 18.4 Å². The summed E-state index contributed by atoms with van der Waals surface area (Å²) in [5.41, 5.74) is 2.37. The number of halogens is 2. The second-order valence-corrected chi connectivity index (χ2v) is 7.40. The topological polar surface area (TPSA) is 58.6 Å². The lowest BCUT2D eigenvalue weighted by Gasteiger charge is -2.18. The van der Waals surface area contributed by atoms with Crippen molar-refractivity contribution in [1.29, 1.82) is 0 Å². The molecule has 0 spiro atoms. The van der Waals surface area contributed by atoms with Gasteiger partial charge in [0.15, 0.2) is 0 Å². The molecule has 0 bridgehead atoms. The van der Waals surface area contributed by atoms with Crippen LogP contribution in [0.1, 0.15) is 11.1 Å². The molecule has 0 unspecified atom stereocenters. The number of nitrogens with one attached hydrogen (secondary N) is 1. The van der Waals surface area contributed by atoms with Gasteiger partial charge < -0.3 is 10.1 Å². The summed E-state index contributed by atoms with van der Waals surface area (Å²) in [6.45, 7) is 1.86. The van der Waals surface area contributed by atoms with Gasteiger partial charge in [0, 0.05) is 10.7 Å². The fourth-order valence-electron chi connectivity index (χ4n) is 3.43. The largest absolute Gasteiger partial charge is 0.495 e. The smallest absolute Gasteiger partial charge is 0.282 e. The van der Waals surface area contributed by atoms with Crippen LogP contribution in [-0.2, 0) is 9.59 Å². The second kappa shape index (κ2) is 8.24. The van der Waals surface area contributed by atoms with Crippen molar-refractivity contribution >= 4 is 40.4 Å². The number of nitrogens with zero attached hydrogens (tertiary/aromatic N) is 1. The molecule has 31 heavy (non-hydrogen) atoms. The summed E-state index contributed by atoms with van der Waals surface area (Å²) in [6.07, 6.45) is 0. The van der Waals surface area contributed by atoms with Crippen molar-refractivity contribution in [2.75, 3.05) is 17.3 Å². The molecule has 0 fully saturated rings. The summed E-state index contributed by atoms with van der Waals surface area (Å²) >= 11 is 6.13. The number of anilines is 2. The molecule has 0 aliphatic carbocycles. The van der Waals surface area contributed by atoms with Crippen LogP contribution in [0.4, 0.5) is 15.8 Å². The molecule has 7 heteroatoms. The molecule has 1 N–H and O–H groups in total. The highest BCUT2D eigenvalue weighted by Crippen LogP contribution is 2.38. The fourth-order valence-corrected chi connectivity index (χ4v) is 3.60. The van der Waals surface area contributed by atoms with Gasteiger partial charge in [-0.3, -0.25) is 9.59 Å². The van der Waals surface area contributed by atoms with Gasteiger partial charge >= 0.3 is 0 Å². The molecule has 1 aliphatic heterocycles. The highest BCUT2D eigenvalue weighted by Gasteiger charge is 2.41. The van der Waals surface area contributed by atoms with Gasteiger partial charge in [-0.15, -0.1) is 0 Å². The SMILES string of the molecule is COc1ccccc1N1C(=O)C(Nc2cc(Cl)ccc2C)=C(c2ccc(F)cc2)C1=O. The minimum Gasteiger partial charge on any atom is -0.495 e. The number of imide groups is 1. The van der Waals surface area contributed by atoms with E-state index >= 15 is 0 Å². The van der Waals surface area contributed by atoms with E-state index in [-0.39, 0.29) is 11.3 Å². The summed E-state index contributed by atoms with van der Waals surface area (Å²) in [7, 11) is 1.46. The van der Waals surface area contributed by atoms with Crippen LogP contribution < -0.4 is 15.0 Å². The number of rotatable bonds is 5. The van der Waals surface area contributed by atoms with E-state index < -0.39 is 17.6 Å². The van der Waals surface area contributed by atoms with Crippen LogP contribution in [0.15, 0.2) is 72.4 Å². The summed E-state index contributed by atoms with van der Waals surface area (Å²) in [6, 6.07) is 17.4. The molecule has 1 heterocycles. The number of aryl methyl sites for hydroxylation is 1. The first-order valence-corrected chi connectivity index (χ1v) is 9.83. The number of benzene rings is 3. The average molecular weight is 437 g/mol. The molecule has 3 aromatic rings. The third-order valence-corrected chi connectivity index (χ3v) is 5.24. The predicted molar refractivity (Wildman–Crippen MR) is 119 cm³/mol. The molecule has 0 saturated carbocycles.